The van der Waals surface area contributed by atoms with Crippen LogP contribution in [0.4, 0.5) is 5.69 Å². The third-order valence-electron chi connectivity index (χ3n) is 2.20. The zero-order chi connectivity index (χ0) is 10.0. The number of hydrogen-bond donors (Lipinski definition) is 2. The molecule has 0 aliphatic carbocycles. The molecule has 0 unspecified atom stereocenters. The van der Waals surface area contributed by atoms with Crippen LogP contribution in [0.3, 0.4) is 0 Å². The van der Waals surface area contributed by atoms with E-state index in [9.17, 15) is 4.79 Å². The van der Waals surface area contributed by atoms with E-state index in [0.29, 0.717) is 5.69 Å². The summed E-state index contributed by atoms with van der Waals surface area (Å²) in [7, 11) is 0. The van der Waals surface area contributed by atoms with Crippen LogP contribution in [-0.2, 0) is 6.42 Å². The molecule has 3 N–H and O–H groups in total. The molecule has 0 aromatic heterocycles. The fourth-order valence-electron chi connectivity index (χ4n) is 1.44. The number of carboxylic acid groups (broad SMARTS) is 1. The SMILES string of the molecule is CCc1ccc(N)c(C(=O)O)c1C. The fourth-order valence-corrected chi connectivity index (χ4v) is 1.44. The van der Waals surface area contributed by atoms with Crippen LogP contribution in [0.25, 0.3) is 0 Å². The summed E-state index contributed by atoms with van der Waals surface area (Å²) < 4.78 is 0. The Hall–Kier alpha value is -1.51. The number of carboxylic acids is 1. The lowest BCUT2D eigenvalue weighted by Crippen LogP contribution is -2.07. The minimum Gasteiger partial charge on any atom is -0.478 e. The Morgan fingerprint density at radius 3 is 2.62 bits per heavy atom. The maximum atomic E-state index is 10.8. The maximum Gasteiger partial charge on any atom is 0.338 e. The minimum atomic E-state index is -0.953. The highest BCUT2D eigenvalue weighted by Crippen LogP contribution is 2.20. The van der Waals surface area contributed by atoms with Crippen LogP contribution < -0.4 is 5.73 Å². The molecule has 0 saturated carbocycles. The lowest BCUT2D eigenvalue weighted by molar-refractivity contribution is 0.0697. The molecule has 0 heterocycles. The number of hydrogen-bond acceptors (Lipinski definition) is 2. The van der Waals surface area contributed by atoms with E-state index in [0.717, 1.165) is 17.5 Å². The molecule has 1 rings (SSSR count). The number of rotatable bonds is 2. The fraction of sp³-hybridized carbons (Fsp3) is 0.300. The molecule has 0 fully saturated rings. The van der Waals surface area contributed by atoms with Crippen LogP contribution >= 0.6 is 0 Å². The summed E-state index contributed by atoms with van der Waals surface area (Å²) in [6.07, 6.45) is 0.826. The Morgan fingerprint density at radius 2 is 2.15 bits per heavy atom. The highest BCUT2D eigenvalue weighted by Gasteiger charge is 2.13. The third kappa shape index (κ3) is 1.64. The van der Waals surface area contributed by atoms with Gasteiger partial charge in [0.2, 0.25) is 0 Å². The van der Waals surface area contributed by atoms with Crippen molar-refractivity contribution >= 4 is 11.7 Å². The molecule has 0 aliphatic heterocycles. The van der Waals surface area contributed by atoms with Gasteiger partial charge in [0, 0.05) is 5.69 Å². The highest BCUT2D eigenvalue weighted by atomic mass is 16.4. The van der Waals surface area contributed by atoms with Crippen LogP contribution in [0.5, 0.6) is 0 Å². The average molecular weight is 179 g/mol. The molecule has 1 aromatic rings. The highest BCUT2D eigenvalue weighted by molar-refractivity contribution is 5.95. The van der Waals surface area contributed by atoms with Gasteiger partial charge >= 0.3 is 5.97 Å². The van der Waals surface area contributed by atoms with Crippen LogP contribution in [0.15, 0.2) is 12.1 Å². The Labute approximate surface area is 77.2 Å². The van der Waals surface area contributed by atoms with Gasteiger partial charge in [-0.25, -0.2) is 4.79 Å². The maximum absolute atomic E-state index is 10.8. The van der Waals surface area contributed by atoms with Crippen molar-refractivity contribution in [1.29, 1.82) is 0 Å². The van der Waals surface area contributed by atoms with Crippen LogP contribution in [-0.4, -0.2) is 11.1 Å². The lowest BCUT2D eigenvalue weighted by Gasteiger charge is -2.08. The van der Waals surface area contributed by atoms with Crippen molar-refractivity contribution in [3.8, 4) is 0 Å². The average Bonchev–Trinajstić information content (AvgIpc) is 2.04. The summed E-state index contributed by atoms with van der Waals surface area (Å²) in [6.45, 7) is 3.78. The Morgan fingerprint density at radius 1 is 1.54 bits per heavy atom. The van der Waals surface area contributed by atoms with Gasteiger partial charge in [-0.2, -0.15) is 0 Å². The first kappa shape index (κ1) is 9.58. The van der Waals surface area contributed by atoms with Gasteiger partial charge in [-0.05, 0) is 30.5 Å². The number of aryl methyl sites for hydroxylation is 1. The number of carbonyl (C=O) groups is 1. The standard InChI is InChI=1S/C10H13NO2/c1-3-7-4-5-8(11)9(6(7)2)10(12)13/h4-5H,3,11H2,1-2H3,(H,12,13). The molecule has 70 valence electrons. The van der Waals surface area contributed by atoms with E-state index >= 15 is 0 Å². The quantitative estimate of drug-likeness (QED) is 0.681. The van der Waals surface area contributed by atoms with E-state index in [4.69, 9.17) is 10.8 Å². The van der Waals surface area contributed by atoms with Crippen LogP contribution in [0.2, 0.25) is 0 Å². The first-order chi connectivity index (χ1) is 6.07. The smallest absolute Gasteiger partial charge is 0.338 e. The lowest BCUT2D eigenvalue weighted by atomic mass is 9.99. The van der Waals surface area contributed by atoms with Crippen molar-refractivity contribution in [3.63, 3.8) is 0 Å². The van der Waals surface area contributed by atoms with Gasteiger partial charge in [-0.3, -0.25) is 0 Å². The predicted molar refractivity (Wildman–Crippen MR) is 51.9 cm³/mol. The zero-order valence-electron chi connectivity index (χ0n) is 7.79. The topological polar surface area (TPSA) is 63.3 Å². The first-order valence-corrected chi connectivity index (χ1v) is 4.19. The molecular weight excluding hydrogens is 166 g/mol. The molecule has 0 spiro atoms. The number of nitrogens with two attached hydrogens (primary N) is 1. The second-order valence-corrected chi connectivity index (χ2v) is 2.97. The zero-order valence-corrected chi connectivity index (χ0v) is 7.79. The van der Waals surface area contributed by atoms with Crippen molar-refractivity contribution < 1.29 is 9.90 Å². The molecule has 3 heteroatoms. The second kappa shape index (κ2) is 3.47. The number of nitrogen functional groups attached to an aromatic ring is 1. The van der Waals surface area contributed by atoms with Crippen molar-refractivity contribution in [1.82, 2.24) is 0 Å². The summed E-state index contributed by atoms with van der Waals surface area (Å²) in [5.74, 6) is -0.953. The van der Waals surface area contributed by atoms with Gasteiger partial charge in [-0.15, -0.1) is 0 Å². The van der Waals surface area contributed by atoms with Gasteiger partial charge in [0.25, 0.3) is 0 Å². The second-order valence-electron chi connectivity index (χ2n) is 2.97. The van der Waals surface area contributed by atoms with Crippen molar-refractivity contribution in [3.05, 3.63) is 28.8 Å². The Balaban J connectivity index is 3.38. The van der Waals surface area contributed by atoms with E-state index in [1.807, 2.05) is 13.0 Å². The first-order valence-electron chi connectivity index (χ1n) is 4.19. The van der Waals surface area contributed by atoms with E-state index in [-0.39, 0.29) is 5.56 Å². The molecule has 0 atom stereocenters. The normalized spacial score (nSPS) is 10.0. The monoisotopic (exact) mass is 179 g/mol. The summed E-state index contributed by atoms with van der Waals surface area (Å²) in [6, 6.07) is 3.52. The van der Waals surface area contributed by atoms with Gasteiger partial charge in [0.1, 0.15) is 0 Å². The third-order valence-corrected chi connectivity index (χ3v) is 2.20. The van der Waals surface area contributed by atoms with E-state index < -0.39 is 5.97 Å². The van der Waals surface area contributed by atoms with Gasteiger partial charge in [0.05, 0.1) is 5.56 Å². The molecule has 1 aromatic carbocycles. The molecule has 0 aliphatic rings. The Bertz CT molecular complexity index is 345. The van der Waals surface area contributed by atoms with Crippen LogP contribution in [0.1, 0.15) is 28.4 Å². The predicted octanol–water partition coefficient (Wildman–Crippen LogP) is 1.84. The molecule has 0 amide bonds. The molecular formula is C10H13NO2. The summed E-state index contributed by atoms with van der Waals surface area (Å²) in [5.41, 5.74) is 7.94. The van der Waals surface area contributed by atoms with Gasteiger partial charge in [-0.1, -0.05) is 13.0 Å². The number of benzene rings is 1. The molecule has 3 nitrogen and oxygen atoms in total. The van der Waals surface area contributed by atoms with Crippen LogP contribution in [0, 0.1) is 6.92 Å². The molecule has 0 saturated heterocycles. The Kier molecular flexibility index (Phi) is 2.56. The largest absolute Gasteiger partial charge is 0.478 e. The van der Waals surface area contributed by atoms with E-state index in [1.54, 1.807) is 13.0 Å². The van der Waals surface area contributed by atoms with Gasteiger partial charge in [0.15, 0.2) is 0 Å². The van der Waals surface area contributed by atoms with Crippen molar-refractivity contribution in [2.75, 3.05) is 5.73 Å². The van der Waals surface area contributed by atoms with Gasteiger partial charge < -0.3 is 10.8 Å². The molecule has 0 bridgehead atoms. The molecule has 0 radical (unpaired) electrons. The number of aromatic carboxylic acids is 1. The van der Waals surface area contributed by atoms with Crippen molar-refractivity contribution in [2.45, 2.75) is 20.3 Å². The van der Waals surface area contributed by atoms with E-state index in [1.165, 1.54) is 0 Å². The minimum absolute atomic E-state index is 0.236. The summed E-state index contributed by atoms with van der Waals surface area (Å²) in [5, 5.41) is 8.89. The van der Waals surface area contributed by atoms with Crippen molar-refractivity contribution in [2.24, 2.45) is 0 Å². The molecule has 13 heavy (non-hydrogen) atoms. The number of anilines is 1. The summed E-state index contributed by atoms with van der Waals surface area (Å²) >= 11 is 0. The summed E-state index contributed by atoms with van der Waals surface area (Å²) in [4.78, 5) is 10.8. The van der Waals surface area contributed by atoms with E-state index in [2.05, 4.69) is 0 Å².